The molecule has 2 N–H and O–H groups in total. The maximum atomic E-state index is 12.8. The number of benzene rings is 2. The Labute approximate surface area is 234 Å². The molecule has 0 saturated heterocycles. The Bertz CT molecular complexity index is 1310. The molecule has 0 aromatic heterocycles. The SMILES string of the molecule is Cc1ccc(NC(=O)OC(C)COC(C)(C)CCOC(C)(C)C(=O)Nc2ccc(C)c(N=C=O)c2)cc1N=C=O. The topological polar surface area (TPSA) is 145 Å². The molecule has 2 aromatic rings. The smallest absolute Gasteiger partial charge is 0.411 e. The van der Waals surface area contributed by atoms with E-state index >= 15 is 0 Å². The second-order valence-electron chi connectivity index (χ2n) is 10.4. The Morgan fingerprint density at radius 1 is 0.875 bits per heavy atom. The molecule has 0 radical (unpaired) electrons. The van der Waals surface area contributed by atoms with Gasteiger partial charge in [-0.15, -0.1) is 0 Å². The third-order valence-corrected chi connectivity index (χ3v) is 5.99. The summed E-state index contributed by atoms with van der Waals surface area (Å²) in [6, 6.07) is 10.00. The van der Waals surface area contributed by atoms with Crippen LogP contribution in [0, 0.1) is 13.8 Å². The molecule has 40 heavy (non-hydrogen) atoms. The van der Waals surface area contributed by atoms with Crippen LogP contribution in [0.1, 0.15) is 52.2 Å². The number of ether oxygens (including phenoxy) is 3. The number of carbonyl (C=O) groups is 2. The summed E-state index contributed by atoms with van der Waals surface area (Å²) >= 11 is 0. The summed E-state index contributed by atoms with van der Waals surface area (Å²) in [5.74, 6) is -0.359. The number of anilines is 2. The van der Waals surface area contributed by atoms with Crippen molar-refractivity contribution >= 4 is 46.9 Å². The second kappa shape index (κ2) is 14.3. The van der Waals surface area contributed by atoms with Gasteiger partial charge in [0.2, 0.25) is 12.2 Å². The van der Waals surface area contributed by atoms with Crippen molar-refractivity contribution in [1.82, 2.24) is 0 Å². The molecule has 0 bridgehead atoms. The van der Waals surface area contributed by atoms with Crippen LogP contribution in [0.3, 0.4) is 0 Å². The minimum Gasteiger partial charge on any atom is -0.444 e. The molecule has 11 nitrogen and oxygen atoms in total. The standard InChI is InChI=1S/C29H36N4O7/c1-19-8-10-22(14-24(19)30-17-34)32-26(36)29(6,7)38-13-12-28(4,5)39-16-21(3)40-27(37)33-23-11-9-20(2)25(15-23)31-18-35/h8-11,14-15,21H,12-13,16H2,1-7H3,(H,32,36)(H,33,37). The van der Waals surface area contributed by atoms with E-state index in [9.17, 15) is 19.2 Å². The lowest BCUT2D eigenvalue weighted by Crippen LogP contribution is -2.41. The minimum atomic E-state index is -1.14. The van der Waals surface area contributed by atoms with Crippen molar-refractivity contribution in [3.63, 3.8) is 0 Å². The van der Waals surface area contributed by atoms with Crippen molar-refractivity contribution in [3.05, 3.63) is 47.5 Å². The maximum absolute atomic E-state index is 12.8. The van der Waals surface area contributed by atoms with Crippen LogP contribution in [0.4, 0.5) is 27.5 Å². The number of nitrogens with one attached hydrogen (secondary N) is 2. The van der Waals surface area contributed by atoms with Crippen LogP contribution < -0.4 is 10.6 Å². The lowest BCUT2D eigenvalue weighted by molar-refractivity contribution is -0.140. The lowest BCUT2D eigenvalue weighted by Gasteiger charge is -2.30. The molecule has 0 aliphatic carbocycles. The van der Waals surface area contributed by atoms with Crippen LogP contribution in [-0.4, -0.2) is 54.7 Å². The maximum Gasteiger partial charge on any atom is 0.411 e. The zero-order valence-electron chi connectivity index (χ0n) is 23.9. The number of aryl methyl sites for hydroxylation is 2. The highest BCUT2D eigenvalue weighted by molar-refractivity contribution is 5.97. The van der Waals surface area contributed by atoms with Crippen LogP contribution in [0.2, 0.25) is 0 Å². The van der Waals surface area contributed by atoms with Crippen LogP contribution in [0.15, 0.2) is 46.4 Å². The van der Waals surface area contributed by atoms with Crippen molar-refractivity contribution in [2.45, 2.75) is 72.2 Å². The Balaban J connectivity index is 1.80. The van der Waals surface area contributed by atoms with E-state index in [1.165, 1.54) is 12.2 Å². The van der Waals surface area contributed by atoms with Gasteiger partial charge in [-0.2, -0.15) is 9.98 Å². The molecule has 2 rings (SSSR count). The first-order chi connectivity index (χ1) is 18.8. The Morgan fingerprint density at radius 2 is 1.40 bits per heavy atom. The molecule has 2 amide bonds. The van der Waals surface area contributed by atoms with Crippen molar-refractivity contribution in [2.75, 3.05) is 23.8 Å². The van der Waals surface area contributed by atoms with Gasteiger partial charge in [-0.1, -0.05) is 12.1 Å². The number of aliphatic imine (C=N–C) groups is 2. The molecule has 0 heterocycles. The normalized spacial score (nSPS) is 12.0. The third kappa shape index (κ3) is 10.2. The Hall–Kier alpha value is -4.14. The summed E-state index contributed by atoms with van der Waals surface area (Å²) in [6.07, 6.45) is 2.23. The average molecular weight is 553 g/mol. The van der Waals surface area contributed by atoms with Crippen LogP contribution >= 0.6 is 0 Å². The van der Waals surface area contributed by atoms with E-state index in [-0.39, 0.29) is 19.1 Å². The first-order valence-corrected chi connectivity index (χ1v) is 12.7. The molecule has 0 spiro atoms. The average Bonchev–Trinajstić information content (AvgIpc) is 2.87. The van der Waals surface area contributed by atoms with Crippen molar-refractivity contribution in [1.29, 1.82) is 0 Å². The number of rotatable bonds is 13. The van der Waals surface area contributed by atoms with Gasteiger partial charge in [0.1, 0.15) is 11.7 Å². The van der Waals surface area contributed by atoms with Gasteiger partial charge < -0.3 is 19.5 Å². The summed E-state index contributed by atoms with van der Waals surface area (Å²) < 4.78 is 17.2. The number of hydrogen-bond donors (Lipinski definition) is 2. The van der Waals surface area contributed by atoms with Gasteiger partial charge >= 0.3 is 6.09 Å². The van der Waals surface area contributed by atoms with E-state index in [0.717, 1.165) is 11.1 Å². The first kappa shape index (κ1) is 32.1. The van der Waals surface area contributed by atoms with Gasteiger partial charge in [0.15, 0.2) is 0 Å². The molecule has 0 aliphatic heterocycles. The van der Waals surface area contributed by atoms with E-state index in [4.69, 9.17) is 14.2 Å². The summed E-state index contributed by atoms with van der Waals surface area (Å²) in [7, 11) is 0. The van der Waals surface area contributed by atoms with Crippen LogP contribution in [0.5, 0.6) is 0 Å². The highest BCUT2D eigenvalue weighted by atomic mass is 16.6. The molecule has 1 unspecified atom stereocenters. The second-order valence-corrected chi connectivity index (χ2v) is 10.4. The predicted molar refractivity (Wildman–Crippen MR) is 151 cm³/mol. The van der Waals surface area contributed by atoms with Crippen molar-refractivity contribution < 1.29 is 33.4 Å². The highest BCUT2D eigenvalue weighted by Gasteiger charge is 2.30. The number of hydrogen-bond acceptors (Lipinski definition) is 9. The molecule has 214 valence electrons. The van der Waals surface area contributed by atoms with Gasteiger partial charge in [0.25, 0.3) is 5.91 Å². The van der Waals surface area contributed by atoms with Crippen LogP contribution in [0.25, 0.3) is 0 Å². The number of isocyanates is 2. The van der Waals surface area contributed by atoms with Gasteiger partial charge in [0.05, 0.1) is 30.2 Å². The number of amides is 2. The largest absolute Gasteiger partial charge is 0.444 e. The molecular weight excluding hydrogens is 516 g/mol. The monoisotopic (exact) mass is 552 g/mol. The zero-order chi connectivity index (χ0) is 29.9. The molecule has 1 atom stereocenters. The van der Waals surface area contributed by atoms with Crippen LogP contribution in [-0.2, 0) is 28.6 Å². The van der Waals surface area contributed by atoms with E-state index < -0.39 is 23.4 Å². The fourth-order valence-electron chi connectivity index (χ4n) is 3.39. The van der Waals surface area contributed by atoms with E-state index in [0.29, 0.717) is 29.2 Å². The molecular formula is C29H36N4O7. The van der Waals surface area contributed by atoms with Gasteiger partial charge in [-0.05, 0) is 90.3 Å². The first-order valence-electron chi connectivity index (χ1n) is 12.7. The fraction of sp³-hybridized carbons (Fsp3) is 0.448. The fourth-order valence-corrected chi connectivity index (χ4v) is 3.39. The van der Waals surface area contributed by atoms with Gasteiger partial charge in [-0.3, -0.25) is 10.1 Å². The molecule has 0 aliphatic rings. The molecule has 2 aromatic carbocycles. The van der Waals surface area contributed by atoms with Gasteiger partial charge in [-0.25, -0.2) is 14.4 Å². The summed E-state index contributed by atoms with van der Waals surface area (Å²) in [4.78, 5) is 53.5. The number of carbonyl (C=O) groups excluding carboxylic acids is 4. The highest BCUT2D eigenvalue weighted by Crippen LogP contribution is 2.25. The Morgan fingerprint density at radius 3 is 1.93 bits per heavy atom. The van der Waals surface area contributed by atoms with Crippen molar-refractivity contribution in [2.24, 2.45) is 9.98 Å². The third-order valence-electron chi connectivity index (χ3n) is 5.99. The quantitative estimate of drug-likeness (QED) is 0.236. The lowest BCUT2D eigenvalue weighted by atomic mass is 10.0. The summed E-state index contributed by atoms with van der Waals surface area (Å²) in [6.45, 7) is 12.7. The van der Waals surface area contributed by atoms with Crippen molar-refractivity contribution in [3.8, 4) is 0 Å². The molecule has 0 fully saturated rings. The summed E-state index contributed by atoms with van der Waals surface area (Å²) in [5.41, 5.74) is 1.53. The van der Waals surface area contributed by atoms with E-state index in [1.807, 2.05) is 13.8 Å². The van der Waals surface area contributed by atoms with E-state index in [1.54, 1.807) is 71.0 Å². The molecule has 11 heteroatoms. The van der Waals surface area contributed by atoms with Gasteiger partial charge in [0, 0.05) is 11.4 Å². The predicted octanol–water partition coefficient (Wildman–Crippen LogP) is 5.79. The van der Waals surface area contributed by atoms with E-state index in [2.05, 4.69) is 20.6 Å². The zero-order valence-corrected chi connectivity index (χ0v) is 23.9. The Kier molecular flexibility index (Phi) is 11.5. The minimum absolute atomic E-state index is 0.137. The summed E-state index contributed by atoms with van der Waals surface area (Å²) in [5, 5.41) is 5.38. The number of nitrogens with zero attached hydrogens (tertiary/aromatic N) is 2. The molecule has 0 saturated carbocycles.